The molecule has 3 atom stereocenters. The van der Waals surface area contributed by atoms with E-state index in [1.54, 1.807) is 7.05 Å². The summed E-state index contributed by atoms with van der Waals surface area (Å²) in [7, 11) is 4.55. The van der Waals surface area contributed by atoms with Crippen LogP contribution < -0.4 is 0 Å². The lowest BCUT2D eigenvalue weighted by Crippen LogP contribution is -2.38. The highest BCUT2D eigenvalue weighted by Gasteiger charge is 2.20. The zero-order valence-electron chi connectivity index (χ0n) is 9.20. The molecule has 0 aliphatic heterocycles. The molecule has 0 aliphatic rings. The highest BCUT2D eigenvalue weighted by Crippen LogP contribution is 2.02. The minimum absolute atomic E-state index is 0.329. The van der Waals surface area contributed by atoms with Crippen LogP contribution in [0.15, 0.2) is 9.98 Å². The number of rotatable bonds is 7. The summed E-state index contributed by atoms with van der Waals surface area (Å²) in [6.07, 6.45) is 0.279. The first-order valence-corrected chi connectivity index (χ1v) is 4.51. The van der Waals surface area contributed by atoms with Gasteiger partial charge in [0.1, 0.15) is 12.2 Å². The first-order chi connectivity index (χ1) is 7.19. The smallest absolute Gasteiger partial charge is 0.193 e. The topological polar surface area (TPSA) is 83.6 Å². The molecule has 0 aromatic rings. The zero-order valence-corrected chi connectivity index (χ0v) is 9.20. The van der Waals surface area contributed by atoms with Gasteiger partial charge in [0, 0.05) is 27.4 Å². The average molecular weight is 218 g/mol. The molecular weight excluding hydrogens is 200 g/mol. The summed E-state index contributed by atoms with van der Waals surface area (Å²) in [5.74, 6) is 0. The molecule has 0 saturated carbocycles. The summed E-state index contributed by atoms with van der Waals surface area (Å²) < 4.78 is 10.2. The molecule has 0 aliphatic carbocycles. The van der Waals surface area contributed by atoms with Gasteiger partial charge in [-0.25, -0.2) is 0 Å². The summed E-state index contributed by atoms with van der Waals surface area (Å²) in [6.45, 7) is -0.329. The number of nitrogens with zero attached hydrogens (tertiary/aromatic N) is 2. The molecule has 3 unspecified atom stereocenters. The van der Waals surface area contributed by atoms with E-state index in [2.05, 4.69) is 9.98 Å². The third-order valence-electron chi connectivity index (χ3n) is 1.67. The van der Waals surface area contributed by atoms with Gasteiger partial charge in [-0.15, -0.1) is 0 Å². The van der Waals surface area contributed by atoms with E-state index in [1.807, 2.05) is 0 Å². The van der Waals surface area contributed by atoms with E-state index in [4.69, 9.17) is 14.6 Å². The summed E-state index contributed by atoms with van der Waals surface area (Å²) in [5, 5.41) is 18.5. The van der Waals surface area contributed by atoms with Gasteiger partial charge in [0.15, 0.2) is 6.29 Å². The SMILES string of the molecule is CN=CC(OC)OC(CO)C(O)C=NC. The third-order valence-corrected chi connectivity index (χ3v) is 1.67. The van der Waals surface area contributed by atoms with Gasteiger partial charge in [-0.1, -0.05) is 0 Å². The van der Waals surface area contributed by atoms with Crippen molar-refractivity contribution in [3.05, 3.63) is 0 Å². The molecule has 0 rings (SSSR count). The van der Waals surface area contributed by atoms with Crippen molar-refractivity contribution in [3.63, 3.8) is 0 Å². The van der Waals surface area contributed by atoms with Crippen LogP contribution in [0.25, 0.3) is 0 Å². The van der Waals surface area contributed by atoms with Gasteiger partial charge >= 0.3 is 0 Å². The first-order valence-electron chi connectivity index (χ1n) is 4.51. The highest BCUT2D eigenvalue weighted by molar-refractivity contribution is 5.64. The van der Waals surface area contributed by atoms with Gasteiger partial charge in [-0.3, -0.25) is 9.98 Å². The molecule has 88 valence electrons. The third kappa shape index (κ3) is 5.58. The Balaban J connectivity index is 4.28. The van der Waals surface area contributed by atoms with Gasteiger partial charge in [0.2, 0.25) is 0 Å². The minimum atomic E-state index is -0.970. The molecule has 0 aromatic carbocycles. The van der Waals surface area contributed by atoms with Crippen LogP contribution >= 0.6 is 0 Å². The normalized spacial score (nSPS) is 18.5. The molecule has 0 saturated heterocycles. The number of aliphatic imine (C=N–C) groups is 2. The molecule has 0 bridgehead atoms. The summed E-state index contributed by atoms with van der Waals surface area (Å²) in [4.78, 5) is 7.37. The molecule has 2 N–H and O–H groups in total. The Morgan fingerprint density at radius 1 is 1.27 bits per heavy atom. The van der Waals surface area contributed by atoms with Crippen molar-refractivity contribution >= 4 is 12.4 Å². The van der Waals surface area contributed by atoms with E-state index in [0.717, 1.165) is 0 Å². The van der Waals surface area contributed by atoms with E-state index in [1.165, 1.54) is 26.6 Å². The van der Waals surface area contributed by atoms with Gasteiger partial charge in [0.05, 0.1) is 12.8 Å². The van der Waals surface area contributed by atoms with Gasteiger partial charge in [-0.2, -0.15) is 0 Å². The highest BCUT2D eigenvalue weighted by atomic mass is 16.7. The molecule has 0 fully saturated rings. The van der Waals surface area contributed by atoms with Crippen LogP contribution in [0.4, 0.5) is 0 Å². The fourth-order valence-corrected chi connectivity index (χ4v) is 0.926. The maximum atomic E-state index is 9.49. The number of ether oxygens (including phenoxy) is 2. The van der Waals surface area contributed by atoms with Gasteiger partial charge < -0.3 is 19.7 Å². The molecule has 0 heterocycles. The van der Waals surface area contributed by atoms with Crippen LogP contribution in [0.3, 0.4) is 0 Å². The number of methoxy groups -OCH3 is 1. The Morgan fingerprint density at radius 2 is 1.87 bits per heavy atom. The van der Waals surface area contributed by atoms with Crippen LogP contribution in [-0.4, -0.2) is 69.0 Å². The Kier molecular flexibility index (Phi) is 8.02. The Hall–Kier alpha value is -0.820. The standard InChI is InChI=1S/C9H18N2O4/c1-10-4-7(13)8(6-12)15-9(14-3)5-11-2/h4-5,7-9,12-13H,6H2,1-3H3. The number of hydrogen-bond acceptors (Lipinski definition) is 6. The van der Waals surface area contributed by atoms with Crippen molar-refractivity contribution in [2.45, 2.75) is 18.5 Å². The minimum Gasteiger partial charge on any atom is -0.394 e. The largest absolute Gasteiger partial charge is 0.394 e. The number of hydrogen-bond donors (Lipinski definition) is 2. The summed E-state index contributed by atoms with van der Waals surface area (Å²) in [6, 6.07) is 0. The van der Waals surface area contributed by atoms with E-state index in [0.29, 0.717) is 0 Å². The molecule has 0 aromatic heterocycles. The van der Waals surface area contributed by atoms with E-state index < -0.39 is 18.5 Å². The molecule has 0 radical (unpaired) electrons. The fraction of sp³-hybridized carbons (Fsp3) is 0.778. The van der Waals surface area contributed by atoms with Crippen molar-refractivity contribution in [1.29, 1.82) is 0 Å². The monoisotopic (exact) mass is 218 g/mol. The van der Waals surface area contributed by atoms with Crippen LogP contribution in [-0.2, 0) is 9.47 Å². The molecule has 15 heavy (non-hydrogen) atoms. The fourth-order valence-electron chi connectivity index (χ4n) is 0.926. The summed E-state index contributed by atoms with van der Waals surface area (Å²) in [5.41, 5.74) is 0. The maximum Gasteiger partial charge on any atom is 0.193 e. The molecular formula is C9H18N2O4. The average Bonchev–Trinajstić information content (AvgIpc) is 2.24. The van der Waals surface area contributed by atoms with Crippen LogP contribution in [0.1, 0.15) is 0 Å². The van der Waals surface area contributed by atoms with E-state index >= 15 is 0 Å². The molecule has 0 amide bonds. The van der Waals surface area contributed by atoms with E-state index in [9.17, 15) is 5.11 Å². The second-order valence-corrected chi connectivity index (χ2v) is 2.77. The lowest BCUT2D eigenvalue weighted by Gasteiger charge is -2.22. The molecule has 6 nitrogen and oxygen atoms in total. The van der Waals surface area contributed by atoms with Crippen LogP contribution in [0.5, 0.6) is 0 Å². The lowest BCUT2D eigenvalue weighted by atomic mass is 10.2. The van der Waals surface area contributed by atoms with E-state index in [-0.39, 0.29) is 6.61 Å². The zero-order chi connectivity index (χ0) is 11.7. The van der Waals surface area contributed by atoms with Crippen molar-refractivity contribution in [3.8, 4) is 0 Å². The van der Waals surface area contributed by atoms with Gasteiger partial charge in [-0.05, 0) is 0 Å². The predicted molar refractivity (Wildman–Crippen MR) is 57.6 cm³/mol. The Morgan fingerprint density at radius 3 is 2.27 bits per heavy atom. The molecule has 0 spiro atoms. The van der Waals surface area contributed by atoms with Crippen molar-refractivity contribution in [2.75, 3.05) is 27.8 Å². The second kappa shape index (κ2) is 8.49. The number of aliphatic hydroxyl groups excluding tert-OH is 2. The predicted octanol–water partition coefficient (Wildman–Crippen LogP) is -0.901. The number of aliphatic hydroxyl groups is 2. The van der Waals surface area contributed by atoms with Crippen LogP contribution in [0.2, 0.25) is 0 Å². The van der Waals surface area contributed by atoms with Crippen molar-refractivity contribution < 1.29 is 19.7 Å². The lowest BCUT2D eigenvalue weighted by molar-refractivity contribution is -0.143. The van der Waals surface area contributed by atoms with Crippen molar-refractivity contribution in [2.24, 2.45) is 9.98 Å². The van der Waals surface area contributed by atoms with Crippen LogP contribution in [0, 0.1) is 0 Å². The quantitative estimate of drug-likeness (QED) is 0.428. The maximum absolute atomic E-state index is 9.49. The Bertz CT molecular complexity index is 208. The second-order valence-electron chi connectivity index (χ2n) is 2.77. The van der Waals surface area contributed by atoms with Crippen molar-refractivity contribution in [1.82, 2.24) is 0 Å². The summed E-state index contributed by atoms with van der Waals surface area (Å²) >= 11 is 0. The molecule has 6 heteroatoms. The van der Waals surface area contributed by atoms with Gasteiger partial charge in [0.25, 0.3) is 0 Å². The Labute approximate surface area is 89.3 Å². The first kappa shape index (κ1) is 14.2.